The van der Waals surface area contributed by atoms with Gasteiger partial charge in [0.15, 0.2) is 0 Å². The van der Waals surface area contributed by atoms with E-state index in [0.29, 0.717) is 24.5 Å². The maximum absolute atomic E-state index is 13.5. The minimum Gasteiger partial charge on any atom is -0.383 e. The van der Waals surface area contributed by atoms with Crippen LogP contribution in [0.4, 0.5) is 17.1 Å². The molecule has 0 aromatic heterocycles. The quantitative estimate of drug-likeness (QED) is 0.0309. The summed E-state index contributed by atoms with van der Waals surface area (Å²) in [5.41, 5.74) is 10.9. The summed E-state index contributed by atoms with van der Waals surface area (Å²) in [7, 11) is -2.59. The van der Waals surface area contributed by atoms with E-state index in [1.54, 1.807) is 31.0 Å². The molecule has 0 saturated carbocycles. The van der Waals surface area contributed by atoms with Crippen molar-refractivity contribution in [2.24, 2.45) is 10.1 Å². The second-order valence-corrected chi connectivity index (χ2v) is 17.9. The first-order chi connectivity index (χ1) is 29.1. The van der Waals surface area contributed by atoms with E-state index in [1.165, 1.54) is 28.8 Å². The van der Waals surface area contributed by atoms with Gasteiger partial charge in [0.05, 0.1) is 28.6 Å². The first-order valence-corrected chi connectivity index (χ1v) is 22.7. The van der Waals surface area contributed by atoms with Crippen molar-refractivity contribution < 1.29 is 22.8 Å². The lowest BCUT2D eigenvalue weighted by Gasteiger charge is -2.42. The molecule has 314 valence electrons. The number of nitrogens with two attached hydrogens (primary N) is 1. The van der Waals surface area contributed by atoms with E-state index in [1.807, 2.05) is 48.5 Å². The minimum absolute atomic E-state index is 0.134. The van der Waals surface area contributed by atoms with Gasteiger partial charge < -0.3 is 25.4 Å². The van der Waals surface area contributed by atoms with Crippen molar-refractivity contribution in [1.29, 1.82) is 0 Å². The number of nitrogens with one attached hydrogen (secondary N) is 1. The number of rotatable bonds is 17. The summed E-state index contributed by atoms with van der Waals surface area (Å²) in [4.78, 5) is 17.2. The van der Waals surface area contributed by atoms with Gasteiger partial charge in [-0.05, 0) is 84.5 Å². The lowest BCUT2D eigenvalue weighted by molar-refractivity contribution is -0.384. The molecule has 2 aliphatic rings. The molecule has 0 amide bonds. The Bertz CT molecular complexity index is 2330. The number of hydrogen-bond donors (Lipinski definition) is 2. The molecule has 60 heavy (non-hydrogen) atoms. The summed E-state index contributed by atoms with van der Waals surface area (Å²) in [6, 6.07) is 39.9. The normalized spacial score (nSPS) is 16.6. The fourth-order valence-corrected chi connectivity index (χ4v) is 9.83. The molecule has 12 nitrogen and oxygen atoms in total. The maximum Gasteiger partial charge on any atom is 0.293 e. The number of piperidine rings is 1. The van der Waals surface area contributed by atoms with Crippen molar-refractivity contribution in [2.45, 2.75) is 47.1 Å². The van der Waals surface area contributed by atoms with E-state index < -0.39 is 14.9 Å². The number of nitro benzene ring substituents is 1. The Labute approximate surface area is 357 Å². The highest BCUT2D eigenvalue weighted by molar-refractivity contribution is 7.99. The van der Waals surface area contributed by atoms with Crippen LogP contribution >= 0.6 is 11.8 Å². The summed E-state index contributed by atoms with van der Waals surface area (Å²) in [6.07, 6.45) is 3.19. The SMILES string of the molecule is COC1(Cc2ccccc2-c2ccccc2)CCN(c2ccc(C(N)=NS(=O)(=O)c3ccc(N[C@H](CCN4CCOCC4)CSc4ccccc4)c([N+](=O)[O-])c3)cc2)CC1. The Morgan fingerprint density at radius 1 is 0.917 bits per heavy atom. The highest BCUT2D eigenvalue weighted by Gasteiger charge is 2.35. The number of nitrogens with zero attached hydrogens (tertiary/aromatic N) is 4. The van der Waals surface area contributed by atoms with E-state index in [-0.39, 0.29) is 33.7 Å². The van der Waals surface area contributed by atoms with Crippen molar-refractivity contribution in [3.8, 4) is 11.1 Å². The molecule has 3 N–H and O–H groups in total. The second-order valence-electron chi connectivity index (χ2n) is 15.2. The molecule has 5 aromatic rings. The fraction of sp³-hybridized carbons (Fsp3) is 0.326. The molecule has 2 heterocycles. The molecular weight excluding hydrogens is 797 g/mol. The lowest BCUT2D eigenvalue weighted by Crippen LogP contribution is -2.47. The average Bonchev–Trinajstić information content (AvgIpc) is 3.28. The van der Waals surface area contributed by atoms with Crippen molar-refractivity contribution in [1.82, 2.24) is 4.90 Å². The lowest BCUT2D eigenvalue weighted by atomic mass is 9.82. The van der Waals surface area contributed by atoms with E-state index in [0.717, 1.165) is 75.1 Å². The van der Waals surface area contributed by atoms with Crippen LogP contribution < -0.4 is 16.0 Å². The van der Waals surface area contributed by atoms with Gasteiger partial charge in [0.25, 0.3) is 15.7 Å². The smallest absolute Gasteiger partial charge is 0.293 e. The monoisotopic (exact) mass is 848 g/mol. The van der Waals surface area contributed by atoms with Gasteiger partial charge in [-0.2, -0.15) is 8.42 Å². The van der Waals surface area contributed by atoms with E-state index >= 15 is 0 Å². The van der Waals surface area contributed by atoms with Crippen LogP contribution in [0.2, 0.25) is 0 Å². The predicted molar refractivity (Wildman–Crippen MR) is 241 cm³/mol. The zero-order valence-corrected chi connectivity index (χ0v) is 35.5. The highest BCUT2D eigenvalue weighted by Crippen LogP contribution is 2.36. The van der Waals surface area contributed by atoms with Gasteiger partial charge in [0, 0.05) is 80.3 Å². The molecule has 2 aliphatic heterocycles. The Morgan fingerprint density at radius 2 is 1.58 bits per heavy atom. The fourth-order valence-electron chi connectivity index (χ4n) is 7.86. The summed E-state index contributed by atoms with van der Waals surface area (Å²) in [6.45, 7) is 5.38. The molecule has 2 saturated heterocycles. The van der Waals surface area contributed by atoms with Gasteiger partial charge in [-0.15, -0.1) is 16.2 Å². The number of morpholine rings is 1. The molecular formula is C46H52N6O6S2. The third kappa shape index (κ3) is 10.9. The van der Waals surface area contributed by atoms with Crippen molar-refractivity contribution in [3.05, 3.63) is 149 Å². The van der Waals surface area contributed by atoms with Crippen LogP contribution in [-0.4, -0.2) is 94.5 Å². The highest BCUT2D eigenvalue weighted by atomic mass is 32.2. The first kappa shape index (κ1) is 42.9. The van der Waals surface area contributed by atoms with Crippen molar-refractivity contribution in [2.75, 3.05) is 69.0 Å². The maximum atomic E-state index is 13.5. The molecule has 1 atom stereocenters. The topological polar surface area (TPSA) is 153 Å². The minimum atomic E-state index is -4.39. The molecule has 2 fully saturated rings. The summed E-state index contributed by atoms with van der Waals surface area (Å²) in [5, 5.41) is 15.7. The Balaban J connectivity index is 1.01. The molecule has 0 unspecified atom stereocenters. The number of nitro groups is 1. The van der Waals surface area contributed by atoms with Gasteiger partial charge in [-0.1, -0.05) is 72.8 Å². The third-order valence-electron chi connectivity index (χ3n) is 11.4. The molecule has 14 heteroatoms. The van der Waals surface area contributed by atoms with E-state index in [9.17, 15) is 18.5 Å². The molecule has 0 bridgehead atoms. The molecule has 7 rings (SSSR count). The zero-order chi connectivity index (χ0) is 42.0. The van der Waals surface area contributed by atoms with E-state index in [2.05, 4.69) is 68.0 Å². The van der Waals surface area contributed by atoms with Crippen LogP contribution in [0.1, 0.15) is 30.4 Å². The van der Waals surface area contributed by atoms with E-state index in [4.69, 9.17) is 15.2 Å². The summed E-state index contributed by atoms with van der Waals surface area (Å²) >= 11 is 1.66. The van der Waals surface area contributed by atoms with Crippen molar-refractivity contribution in [3.63, 3.8) is 0 Å². The van der Waals surface area contributed by atoms with Crippen molar-refractivity contribution >= 4 is 44.7 Å². The summed E-state index contributed by atoms with van der Waals surface area (Å²) < 4.78 is 42.7. The standard InChI is InChI=1S/C46H52N6O6S2/c1-57-46(33-37-12-8-9-15-42(37)35-10-4-2-5-11-35)23-26-51(27-24-46)39-18-16-36(17-19-39)45(47)49-60(55,56)41-20-21-43(44(32-41)52(53)54)48-38(22-25-50-28-30-58-31-29-50)34-59-40-13-6-3-7-14-40/h2-21,32,38,48H,22-31,33-34H2,1H3,(H2,47,49)/t38-/m1/s1. The van der Waals surface area contributed by atoms with Gasteiger partial charge >= 0.3 is 0 Å². The van der Waals surface area contributed by atoms with Gasteiger partial charge in [-0.25, -0.2) is 0 Å². The number of thioether (sulfide) groups is 1. The molecule has 0 aliphatic carbocycles. The van der Waals surface area contributed by atoms with Gasteiger partial charge in [0.1, 0.15) is 11.5 Å². The van der Waals surface area contributed by atoms with Crippen LogP contribution in [0.25, 0.3) is 11.1 Å². The Morgan fingerprint density at radius 3 is 2.27 bits per heavy atom. The number of methoxy groups -OCH3 is 1. The van der Waals surface area contributed by atoms with Crippen LogP contribution in [-0.2, 0) is 25.9 Å². The molecule has 0 spiro atoms. The molecule has 5 aromatic carbocycles. The number of sulfonamides is 1. The average molecular weight is 849 g/mol. The van der Waals surface area contributed by atoms with Crippen LogP contribution in [0.15, 0.2) is 142 Å². The largest absolute Gasteiger partial charge is 0.383 e. The van der Waals surface area contributed by atoms with Crippen LogP contribution in [0.5, 0.6) is 0 Å². The predicted octanol–water partition coefficient (Wildman–Crippen LogP) is 7.88. The van der Waals surface area contributed by atoms with Gasteiger partial charge in [0.2, 0.25) is 0 Å². The number of amidine groups is 1. The number of hydrogen-bond acceptors (Lipinski definition) is 10. The summed E-state index contributed by atoms with van der Waals surface area (Å²) in [5.74, 6) is 0.447. The molecule has 0 radical (unpaired) electrons. The van der Waals surface area contributed by atoms with Gasteiger partial charge in [-0.3, -0.25) is 15.0 Å². The van der Waals surface area contributed by atoms with Crippen LogP contribution in [0.3, 0.4) is 0 Å². The Hall–Kier alpha value is -5.25. The zero-order valence-electron chi connectivity index (χ0n) is 33.8. The Kier molecular flexibility index (Phi) is 14.2. The number of anilines is 2. The first-order valence-electron chi connectivity index (χ1n) is 20.3. The van der Waals surface area contributed by atoms with Crippen LogP contribution in [0, 0.1) is 10.1 Å². The number of ether oxygens (including phenoxy) is 2. The third-order valence-corrected chi connectivity index (χ3v) is 13.8. The second kappa shape index (κ2) is 19.9. The number of benzene rings is 5.